The molecule has 0 bridgehead atoms. The Balaban J connectivity index is 1.98. The zero-order valence-electron chi connectivity index (χ0n) is 10.4. The third-order valence-electron chi connectivity index (χ3n) is 3.21. The lowest BCUT2D eigenvalue weighted by atomic mass is 10.3. The number of nitrogens with zero attached hydrogens (tertiary/aromatic N) is 3. The molecular formula is C12H17N3O3. The quantitative estimate of drug-likeness (QED) is 0.818. The number of hydrogen-bond donors (Lipinski definition) is 1. The van der Waals surface area contributed by atoms with Crippen molar-refractivity contribution in [3.05, 3.63) is 24.0 Å². The largest absolute Gasteiger partial charge is 0.477 e. The van der Waals surface area contributed by atoms with Crippen molar-refractivity contribution in [2.45, 2.75) is 6.54 Å². The molecule has 2 heterocycles. The van der Waals surface area contributed by atoms with E-state index in [9.17, 15) is 9.59 Å². The Kier molecular flexibility index (Phi) is 3.66. The Bertz CT molecular complexity index is 447. The van der Waals surface area contributed by atoms with Gasteiger partial charge in [0, 0.05) is 32.4 Å². The predicted molar refractivity (Wildman–Crippen MR) is 65.5 cm³/mol. The Morgan fingerprint density at radius 3 is 2.56 bits per heavy atom. The number of rotatable bonds is 3. The number of aromatic nitrogens is 1. The summed E-state index contributed by atoms with van der Waals surface area (Å²) < 4.78 is 1.48. The lowest BCUT2D eigenvalue weighted by Gasteiger charge is -2.32. The lowest BCUT2D eigenvalue weighted by Crippen LogP contribution is -2.48. The second kappa shape index (κ2) is 5.22. The summed E-state index contributed by atoms with van der Waals surface area (Å²) in [5, 5.41) is 8.96. The zero-order chi connectivity index (χ0) is 13.1. The van der Waals surface area contributed by atoms with Gasteiger partial charge in [-0.25, -0.2) is 4.79 Å². The van der Waals surface area contributed by atoms with Gasteiger partial charge < -0.3 is 19.5 Å². The molecule has 1 aromatic rings. The van der Waals surface area contributed by atoms with Gasteiger partial charge in [0.15, 0.2) is 0 Å². The van der Waals surface area contributed by atoms with E-state index < -0.39 is 5.97 Å². The van der Waals surface area contributed by atoms with Crippen LogP contribution >= 0.6 is 0 Å². The number of amides is 1. The van der Waals surface area contributed by atoms with Gasteiger partial charge >= 0.3 is 5.97 Å². The Labute approximate surface area is 105 Å². The van der Waals surface area contributed by atoms with Crippen LogP contribution in [0.1, 0.15) is 10.5 Å². The van der Waals surface area contributed by atoms with Crippen LogP contribution < -0.4 is 0 Å². The van der Waals surface area contributed by atoms with Gasteiger partial charge in [-0.3, -0.25) is 4.79 Å². The highest BCUT2D eigenvalue weighted by atomic mass is 16.4. The normalized spacial score (nSPS) is 16.8. The molecule has 18 heavy (non-hydrogen) atoms. The van der Waals surface area contributed by atoms with Crippen LogP contribution in [-0.4, -0.2) is 64.6 Å². The molecule has 0 spiro atoms. The number of piperazine rings is 1. The molecule has 0 aromatic carbocycles. The molecule has 0 saturated carbocycles. The van der Waals surface area contributed by atoms with Crippen LogP contribution in [0.5, 0.6) is 0 Å². The van der Waals surface area contributed by atoms with E-state index in [1.807, 2.05) is 7.05 Å². The number of carbonyl (C=O) groups is 2. The molecule has 98 valence electrons. The lowest BCUT2D eigenvalue weighted by molar-refractivity contribution is -0.133. The van der Waals surface area contributed by atoms with E-state index in [1.54, 1.807) is 17.2 Å². The van der Waals surface area contributed by atoms with Crippen molar-refractivity contribution in [3.63, 3.8) is 0 Å². The van der Waals surface area contributed by atoms with Crippen molar-refractivity contribution in [1.29, 1.82) is 0 Å². The Hall–Kier alpha value is -1.82. The number of carbonyl (C=O) groups excluding carboxylic acids is 1. The van der Waals surface area contributed by atoms with Gasteiger partial charge in [-0.15, -0.1) is 0 Å². The van der Waals surface area contributed by atoms with E-state index in [0.717, 1.165) is 13.1 Å². The van der Waals surface area contributed by atoms with Crippen molar-refractivity contribution in [1.82, 2.24) is 14.4 Å². The maximum atomic E-state index is 12.0. The van der Waals surface area contributed by atoms with Crippen LogP contribution in [0.15, 0.2) is 18.3 Å². The molecule has 1 saturated heterocycles. The summed E-state index contributed by atoms with van der Waals surface area (Å²) in [6.45, 7) is 3.24. The van der Waals surface area contributed by atoms with Gasteiger partial charge in [0.05, 0.1) is 0 Å². The van der Waals surface area contributed by atoms with E-state index in [2.05, 4.69) is 4.90 Å². The van der Waals surface area contributed by atoms with Crippen LogP contribution in [0.25, 0.3) is 0 Å². The van der Waals surface area contributed by atoms with Gasteiger partial charge in [0.25, 0.3) is 0 Å². The van der Waals surface area contributed by atoms with Crippen LogP contribution in [0.4, 0.5) is 0 Å². The van der Waals surface area contributed by atoms with E-state index >= 15 is 0 Å². The van der Waals surface area contributed by atoms with Gasteiger partial charge in [0.1, 0.15) is 12.2 Å². The first-order valence-electron chi connectivity index (χ1n) is 5.92. The highest BCUT2D eigenvalue weighted by Gasteiger charge is 2.20. The number of carboxylic acid groups (broad SMARTS) is 1. The average Bonchev–Trinajstić information content (AvgIpc) is 2.78. The van der Waals surface area contributed by atoms with Gasteiger partial charge in [-0.05, 0) is 19.2 Å². The third-order valence-corrected chi connectivity index (χ3v) is 3.21. The van der Waals surface area contributed by atoms with Gasteiger partial charge in [-0.2, -0.15) is 0 Å². The van der Waals surface area contributed by atoms with Crippen molar-refractivity contribution < 1.29 is 14.7 Å². The minimum Gasteiger partial charge on any atom is -0.477 e. The smallest absolute Gasteiger partial charge is 0.352 e. The second-order valence-electron chi connectivity index (χ2n) is 4.51. The Morgan fingerprint density at radius 2 is 1.94 bits per heavy atom. The number of aromatic carboxylic acids is 1. The van der Waals surface area contributed by atoms with E-state index in [1.165, 1.54) is 10.6 Å². The number of hydrogen-bond acceptors (Lipinski definition) is 3. The maximum absolute atomic E-state index is 12.0. The number of carboxylic acids is 1. The zero-order valence-corrected chi connectivity index (χ0v) is 10.4. The molecule has 6 nitrogen and oxygen atoms in total. The minimum absolute atomic E-state index is 0.0261. The predicted octanol–water partition coefficient (Wildman–Crippen LogP) is -0.0397. The van der Waals surface area contributed by atoms with Gasteiger partial charge in [-0.1, -0.05) is 0 Å². The van der Waals surface area contributed by atoms with Crippen molar-refractivity contribution in [3.8, 4) is 0 Å². The third kappa shape index (κ3) is 2.70. The minimum atomic E-state index is -1.01. The fourth-order valence-corrected chi connectivity index (χ4v) is 2.05. The molecule has 2 rings (SSSR count). The monoisotopic (exact) mass is 251 g/mol. The molecule has 1 N–H and O–H groups in total. The first-order chi connectivity index (χ1) is 8.58. The van der Waals surface area contributed by atoms with Crippen molar-refractivity contribution >= 4 is 11.9 Å². The summed E-state index contributed by atoms with van der Waals surface area (Å²) in [6.07, 6.45) is 1.62. The summed E-state index contributed by atoms with van der Waals surface area (Å²) in [5.41, 5.74) is 0.150. The van der Waals surface area contributed by atoms with E-state index in [4.69, 9.17) is 5.11 Å². The summed E-state index contributed by atoms with van der Waals surface area (Å²) in [5.74, 6) is -1.03. The number of likely N-dealkylation sites (N-methyl/N-ethyl adjacent to an activating group) is 1. The molecule has 0 atom stereocenters. The topological polar surface area (TPSA) is 65.8 Å². The maximum Gasteiger partial charge on any atom is 0.352 e. The molecule has 1 amide bonds. The van der Waals surface area contributed by atoms with E-state index in [0.29, 0.717) is 13.1 Å². The second-order valence-corrected chi connectivity index (χ2v) is 4.51. The fourth-order valence-electron chi connectivity index (χ4n) is 2.05. The van der Waals surface area contributed by atoms with Crippen LogP contribution in [0.2, 0.25) is 0 Å². The molecule has 0 aliphatic carbocycles. The first-order valence-corrected chi connectivity index (χ1v) is 5.92. The molecule has 1 aliphatic rings. The Morgan fingerprint density at radius 1 is 1.28 bits per heavy atom. The van der Waals surface area contributed by atoms with Crippen molar-refractivity contribution in [2.75, 3.05) is 33.2 Å². The van der Waals surface area contributed by atoms with Crippen molar-refractivity contribution in [2.24, 2.45) is 0 Å². The fraction of sp³-hybridized carbons (Fsp3) is 0.500. The highest BCUT2D eigenvalue weighted by Crippen LogP contribution is 2.05. The molecular weight excluding hydrogens is 234 g/mol. The average molecular weight is 251 g/mol. The first kappa shape index (κ1) is 12.6. The summed E-state index contributed by atoms with van der Waals surface area (Å²) in [6, 6.07) is 3.14. The van der Waals surface area contributed by atoms with Crippen LogP contribution in [-0.2, 0) is 11.3 Å². The molecule has 1 fully saturated rings. The van der Waals surface area contributed by atoms with Crippen LogP contribution in [0.3, 0.4) is 0 Å². The highest BCUT2D eigenvalue weighted by molar-refractivity contribution is 5.86. The molecule has 0 unspecified atom stereocenters. The summed E-state index contributed by atoms with van der Waals surface area (Å²) in [4.78, 5) is 26.9. The molecule has 1 aliphatic heterocycles. The molecule has 6 heteroatoms. The molecule has 0 radical (unpaired) electrons. The molecule has 1 aromatic heterocycles. The van der Waals surface area contributed by atoms with Gasteiger partial charge in [0.2, 0.25) is 5.91 Å². The summed E-state index contributed by atoms with van der Waals surface area (Å²) >= 11 is 0. The SMILES string of the molecule is CN1CCN(C(=O)Cn2cccc2C(=O)O)CC1. The van der Waals surface area contributed by atoms with Crippen LogP contribution in [0, 0.1) is 0 Å². The summed E-state index contributed by atoms with van der Waals surface area (Å²) in [7, 11) is 2.02. The van der Waals surface area contributed by atoms with E-state index in [-0.39, 0.29) is 18.1 Å². The standard InChI is InChI=1S/C12H17N3O3/c1-13-5-7-14(8-6-13)11(16)9-15-4-2-3-10(15)12(17)18/h2-4H,5-9H2,1H3,(H,17,18).